The third-order valence-electron chi connectivity index (χ3n) is 7.50. The van der Waals surface area contributed by atoms with E-state index in [1.54, 1.807) is 18.2 Å². The minimum absolute atomic E-state index is 0.232. The number of nitrogens with zero attached hydrogens (tertiary/aromatic N) is 3. The summed E-state index contributed by atoms with van der Waals surface area (Å²) in [5, 5.41) is 4.26. The van der Waals surface area contributed by atoms with Crippen LogP contribution in [0.2, 0.25) is 0 Å². The average Bonchev–Trinajstić information content (AvgIpc) is 3.50. The van der Waals surface area contributed by atoms with Crippen LogP contribution in [0, 0.1) is 5.82 Å². The first-order valence-corrected chi connectivity index (χ1v) is 13.6. The van der Waals surface area contributed by atoms with Gasteiger partial charge in [0.1, 0.15) is 24.0 Å². The number of nitrogens with one attached hydrogen (secondary N) is 1. The van der Waals surface area contributed by atoms with Crippen LogP contribution in [0.25, 0.3) is 5.00 Å². The molecule has 0 saturated carbocycles. The number of likely N-dealkylation sites (N-methyl/N-ethyl adjacent to an activating group) is 1. The molecule has 1 atom stereocenters. The predicted octanol–water partition coefficient (Wildman–Crippen LogP) is 5.57. The van der Waals surface area contributed by atoms with Gasteiger partial charge in [0.15, 0.2) is 11.5 Å². The molecule has 3 aliphatic rings. The molecule has 0 fully saturated rings. The molecular weight excluding hydrogens is 503 g/mol. The van der Waals surface area contributed by atoms with Crippen molar-refractivity contribution in [2.75, 3.05) is 32.1 Å². The minimum Gasteiger partial charge on any atom is -0.486 e. The summed E-state index contributed by atoms with van der Waals surface area (Å²) < 4.78 is 27.5. The number of urea groups is 1. The second-order valence-corrected chi connectivity index (χ2v) is 11.0. The van der Waals surface area contributed by atoms with Crippen LogP contribution >= 0.6 is 11.3 Å². The summed E-state index contributed by atoms with van der Waals surface area (Å²) in [4.78, 5) is 19.6. The molecule has 0 radical (unpaired) electrons. The maximum Gasteiger partial charge on any atom is 0.322 e. The lowest BCUT2D eigenvalue weighted by atomic mass is 10.0. The fourth-order valence-corrected chi connectivity index (χ4v) is 7.11. The topological polar surface area (TPSA) is 59.0 Å². The number of benzene rings is 2. The zero-order valence-corrected chi connectivity index (χ0v) is 21.8. The molecule has 0 spiro atoms. The van der Waals surface area contributed by atoms with Crippen LogP contribution < -0.4 is 14.8 Å². The van der Waals surface area contributed by atoms with Gasteiger partial charge in [0.05, 0.1) is 18.3 Å². The number of hydrogen-bond donors (Lipinski definition) is 1. The van der Waals surface area contributed by atoms with Crippen molar-refractivity contribution in [1.82, 2.24) is 14.4 Å². The number of carbonyl (C=O) groups excluding carboxylic acids is 1. The van der Waals surface area contributed by atoms with Gasteiger partial charge in [-0.15, -0.1) is 11.3 Å². The first-order chi connectivity index (χ1) is 18.5. The Balaban J connectivity index is 1.32. The normalized spacial score (nSPS) is 18.3. The van der Waals surface area contributed by atoms with E-state index in [0.717, 1.165) is 35.8 Å². The molecule has 2 amide bonds. The Bertz CT molecular complexity index is 1530. The van der Waals surface area contributed by atoms with Gasteiger partial charge in [-0.05, 0) is 61.0 Å². The van der Waals surface area contributed by atoms with Crippen molar-refractivity contribution in [1.29, 1.82) is 0 Å². The third kappa shape index (κ3) is 3.93. The van der Waals surface area contributed by atoms with Crippen LogP contribution in [0.5, 0.6) is 11.5 Å². The minimum atomic E-state index is -0.399. The standard InChI is InChI=1S/C29H27FN4O3S/c1-32-12-10-21-22-16-34(29(35)31-20-8-9-24-25(15-20)37-14-13-36-24)27(18-4-6-19(30)7-5-18)23-3-2-11-33(23)28(22)38-26(21)17-32/h2-9,11,15,27H,10,12-14,16-17H2,1H3,(H,31,35)/t27-/m1/s1. The van der Waals surface area contributed by atoms with E-state index >= 15 is 0 Å². The molecule has 5 heterocycles. The van der Waals surface area contributed by atoms with Crippen LogP contribution in [-0.2, 0) is 19.5 Å². The number of halogens is 1. The van der Waals surface area contributed by atoms with Gasteiger partial charge >= 0.3 is 6.03 Å². The van der Waals surface area contributed by atoms with Crippen molar-refractivity contribution in [2.45, 2.75) is 25.6 Å². The molecule has 7 nitrogen and oxygen atoms in total. The van der Waals surface area contributed by atoms with Gasteiger partial charge in [-0.3, -0.25) is 0 Å². The van der Waals surface area contributed by atoms with Crippen molar-refractivity contribution in [3.63, 3.8) is 0 Å². The van der Waals surface area contributed by atoms with Crippen molar-refractivity contribution in [3.05, 3.63) is 93.9 Å². The number of thiophene rings is 1. The predicted molar refractivity (Wildman–Crippen MR) is 144 cm³/mol. The maximum atomic E-state index is 14.1. The number of fused-ring (bicyclic) bond motifs is 6. The highest BCUT2D eigenvalue weighted by Gasteiger charge is 2.36. The fourth-order valence-electron chi connectivity index (χ4n) is 5.66. The molecule has 0 unspecified atom stereocenters. The Kier molecular flexibility index (Phi) is 5.63. The van der Waals surface area contributed by atoms with Gasteiger partial charge in [0.25, 0.3) is 0 Å². The van der Waals surface area contributed by atoms with Crippen molar-refractivity contribution < 1.29 is 18.7 Å². The monoisotopic (exact) mass is 530 g/mol. The van der Waals surface area contributed by atoms with Crippen LogP contribution in [0.3, 0.4) is 0 Å². The fraction of sp³-hybridized carbons (Fsp3) is 0.276. The number of anilines is 1. The van der Waals surface area contributed by atoms with Crippen LogP contribution in [0.4, 0.5) is 14.9 Å². The second kappa shape index (κ2) is 9.18. The van der Waals surface area contributed by atoms with E-state index in [1.807, 2.05) is 34.4 Å². The summed E-state index contributed by atoms with van der Waals surface area (Å²) in [6.07, 6.45) is 3.02. The molecule has 0 aliphatic carbocycles. The molecular formula is C29H27FN4O3S. The van der Waals surface area contributed by atoms with E-state index < -0.39 is 6.04 Å². The summed E-state index contributed by atoms with van der Waals surface area (Å²) in [5.74, 6) is 0.986. The quantitative estimate of drug-likeness (QED) is 0.368. The van der Waals surface area contributed by atoms with Crippen LogP contribution in [0.15, 0.2) is 60.8 Å². The molecule has 0 saturated heterocycles. The van der Waals surface area contributed by atoms with Gasteiger partial charge in [-0.25, -0.2) is 9.18 Å². The molecule has 4 aromatic rings. The van der Waals surface area contributed by atoms with E-state index in [-0.39, 0.29) is 11.8 Å². The van der Waals surface area contributed by atoms with E-state index in [9.17, 15) is 9.18 Å². The lowest BCUT2D eigenvalue weighted by Gasteiger charge is -2.32. The summed E-state index contributed by atoms with van der Waals surface area (Å²) in [6.45, 7) is 3.33. The summed E-state index contributed by atoms with van der Waals surface area (Å²) >= 11 is 1.81. The Morgan fingerprint density at radius 3 is 2.68 bits per heavy atom. The molecule has 3 aliphatic heterocycles. The Morgan fingerprint density at radius 1 is 1.03 bits per heavy atom. The molecule has 0 bridgehead atoms. The van der Waals surface area contributed by atoms with E-state index in [1.165, 1.54) is 28.1 Å². The smallest absolute Gasteiger partial charge is 0.322 e. The molecule has 2 aromatic carbocycles. The van der Waals surface area contributed by atoms with Gasteiger partial charge in [-0.1, -0.05) is 12.1 Å². The number of carbonyl (C=O) groups is 1. The molecule has 7 rings (SSSR count). The van der Waals surface area contributed by atoms with Gasteiger partial charge in [0, 0.05) is 41.5 Å². The first kappa shape index (κ1) is 23.3. The molecule has 38 heavy (non-hydrogen) atoms. The van der Waals surface area contributed by atoms with Crippen LogP contribution in [-0.4, -0.2) is 47.2 Å². The van der Waals surface area contributed by atoms with Crippen molar-refractivity contribution in [2.24, 2.45) is 0 Å². The lowest BCUT2D eigenvalue weighted by Crippen LogP contribution is -2.38. The van der Waals surface area contributed by atoms with E-state index in [2.05, 4.69) is 34.1 Å². The van der Waals surface area contributed by atoms with Crippen molar-refractivity contribution in [3.8, 4) is 16.5 Å². The van der Waals surface area contributed by atoms with E-state index in [4.69, 9.17) is 9.47 Å². The highest BCUT2D eigenvalue weighted by atomic mass is 32.1. The number of hydrogen-bond acceptors (Lipinski definition) is 5. The number of amides is 2. The summed E-state index contributed by atoms with van der Waals surface area (Å²) in [6, 6.07) is 15.3. The summed E-state index contributed by atoms with van der Waals surface area (Å²) in [7, 11) is 2.15. The highest BCUT2D eigenvalue weighted by Crippen LogP contribution is 2.44. The first-order valence-electron chi connectivity index (χ1n) is 12.8. The Hall–Kier alpha value is -3.82. The largest absolute Gasteiger partial charge is 0.486 e. The SMILES string of the molecule is CN1CCc2c(sc3c2CN(C(=O)Nc2ccc4c(c2)OCCO4)[C@H](c2ccc(F)cc2)c2cccn2-3)C1. The Morgan fingerprint density at radius 2 is 1.84 bits per heavy atom. The summed E-state index contributed by atoms with van der Waals surface area (Å²) in [5.41, 5.74) is 5.00. The van der Waals surface area contributed by atoms with Crippen LogP contribution in [0.1, 0.15) is 33.3 Å². The maximum absolute atomic E-state index is 14.1. The lowest BCUT2D eigenvalue weighted by molar-refractivity contribution is 0.171. The molecule has 2 aromatic heterocycles. The Labute approximate surface area is 224 Å². The van der Waals surface area contributed by atoms with E-state index in [0.29, 0.717) is 36.9 Å². The zero-order valence-electron chi connectivity index (χ0n) is 20.9. The molecule has 1 N–H and O–H groups in total. The van der Waals surface area contributed by atoms with Gasteiger partial charge in [-0.2, -0.15) is 0 Å². The molecule has 194 valence electrons. The number of rotatable bonds is 2. The highest BCUT2D eigenvalue weighted by molar-refractivity contribution is 7.15. The molecule has 9 heteroatoms. The average molecular weight is 531 g/mol. The number of ether oxygens (including phenoxy) is 2. The van der Waals surface area contributed by atoms with Gasteiger partial charge < -0.3 is 29.2 Å². The second-order valence-electron chi connectivity index (χ2n) is 9.95. The third-order valence-corrected chi connectivity index (χ3v) is 8.75. The zero-order chi connectivity index (χ0) is 25.8. The van der Waals surface area contributed by atoms with Crippen molar-refractivity contribution >= 4 is 23.1 Å². The number of aromatic nitrogens is 1. The van der Waals surface area contributed by atoms with Gasteiger partial charge in [0.2, 0.25) is 0 Å².